The van der Waals surface area contributed by atoms with Gasteiger partial charge in [0, 0.05) is 24.0 Å². The summed E-state index contributed by atoms with van der Waals surface area (Å²) < 4.78 is 16.4. The van der Waals surface area contributed by atoms with Crippen LogP contribution in [0.5, 0.6) is 11.5 Å². The Labute approximate surface area is 220 Å². The minimum absolute atomic E-state index is 0.0383. The third kappa shape index (κ3) is 6.75. The lowest BCUT2D eigenvalue weighted by Crippen LogP contribution is -2.35. The first-order valence-corrected chi connectivity index (χ1v) is 13.0. The van der Waals surface area contributed by atoms with Crippen LogP contribution in [0.2, 0.25) is 0 Å². The zero-order valence-corrected chi connectivity index (χ0v) is 22.4. The Morgan fingerprint density at radius 1 is 1.05 bits per heavy atom. The van der Waals surface area contributed by atoms with Crippen molar-refractivity contribution in [3.8, 4) is 22.6 Å². The van der Waals surface area contributed by atoms with Crippen LogP contribution >= 0.6 is 11.3 Å². The molecule has 0 bridgehead atoms. The first-order chi connectivity index (χ1) is 17.9. The molecule has 1 atom stereocenters. The fraction of sp³-hybridized carbons (Fsp3) is 0.357. The number of nitrogens with one attached hydrogen (secondary N) is 1. The number of thiophene rings is 1. The highest BCUT2D eigenvalue weighted by molar-refractivity contribution is 7.17. The Kier molecular flexibility index (Phi) is 8.94. The number of aromatic amines is 1. The van der Waals surface area contributed by atoms with Crippen LogP contribution in [0, 0.1) is 0 Å². The van der Waals surface area contributed by atoms with Crippen LogP contribution in [0.1, 0.15) is 25.2 Å². The van der Waals surface area contributed by atoms with E-state index in [0.717, 1.165) is 16.7 Å². The molecule has 2 aromatic heterocycles. The number of ether oxygens (including phenoxy) is 3. The number of aromatic nitrogens is 2. The minimum atomic E-state index is -0.667. The van der Waals surface area contributed by atoms with Gasteiger partial charge in [-0.1, -0.05) is 36.4 Å². The summed E-state index contributed by atoms with van der Waals surface area (Å²) in [6, 6.07) is 15.6. The topological polar surface area (TPSA) is 96.9 Å². The molecule has 8 nitrogen and oxygen atoms in total. The normalized spacial score (nSPS) is 12.4. The average Bonchev–Trinajstić information content (AvgIpc) is 3.32. The molecule has 0 amide bonds. The Morgan fingerprint density at radius 3 is 2.51 bits per heavy atom. The third-order valence-electron chi connectivity index (χ3n) is 5.90. The standard InChI is InChI=1S/C28H33N3O5S/c1-18(2)36-16-21(32)14-31(13-19-8-6-5-7-9-19)15-25-29-27(33)26-22(17-37-28(26)30-25)20-10-11-23(34-3)24(12-20)35-4/h5-12,17-18,21,32H,13-16H2,1-4H3,(H,29,30,33). The molecule has 2 N–H and O–H groups in total. The molecule has 196 valence electrons. The van der Waals surface area contributed by atoms with Crippen LogP contribution in [0.4, 0.5) is 0 Å². The Hall–Kier alpha value is -3.24. The molecule has 37 heavy (non-hydrogen) atoms. The Morgan fingerprint density at radius 2 is 1.81 bits per heavy atom. The van der Waals surface area contributed by atoms with E-state index in [0.29, 0.717) is 47.2 Å². The number of aliphatic hydroxyl groups excluding tert-OH is 1. The molecule has 0 aliphatic carbocycles. The fourth-order valence-electron chi connectivity index (χ4n) is 4.18. The van der Waals surface area contributed by atoms with E-state index in [1.54, 1.807) is 14.2 Å². The van der Waals surface area contributed by atoms with Crippen molar-refractivity contribution in [2.24, 2.45) is 0 Å². The molecule has 4 aromatic rings. The van der Waals surface area contributed by atoms with Crippen molar-refractivity contribution in [2.45, 2.75) is 39.1 Å². The maximum absolute atomic E-state index is 13.2. The van der Waals surface area contributed by atoms with Crippen LogP contribution in [-0.4, -0.2) is 59.6 Å². The number of aliphatic hydroxyl groups is 1. The quantitative estimate of drug-likeness (QED) is 0.283. The highest BCUT2D eigenvalue weighted by Crippen LogP contribution is 2.36. The van der Waals surface area contributed by atoms with Crippen LogP contribution in [0.25, 0.3) is 21.3 Å². The number of nitrogens with zero attached hydrogens (tertiary/aromatic N) is 2. The molecular weight excluding hydrogens is 490 g/mol. The van der Waals surface area contributed by atoms with Crippen molar-refractivity contribution in [1.82, 2.24) is 14.9 Å². The molecule has 2 aromatic carbocycles. The lowest BCUT2D eigenvalue weighted by Gasteiger charge is -2.25. The number of H-pyrrole nitrogens is 1. The van der Waals surface area contributed by atoms with E-state index in [1.807, 2.05) is 67.8 Å². The van der Waals surface area contributed by atoms with Crippen molar-refractivity contribution < 1.29 is 19.3 Å². The van der Waals surface area contributed by atoms with Gasteiger partial charge < -0.3 is 24.3 Å². The molecule has 9 heteroatoms. The summed E-state index contributed by atoms with van der Waals surface area (Å²) in [6.45, 7) is 5.48. The molecule has 4 rings (SSSR count). The zero-order valence-electron chi connectivity index (χ0n) is 21.6. The van der Waals surface area contributed by atoms with Gasteiger partial charge in [-0.3, -0.25) is 9.69 Å². The van der Waals surface area contributed by atoms with Crippen molar-refractivity contribution in [3.05, 3.63) is 75.7 Å². The van der Waals surface area contributed by atoms with E-state index in [1.165, 1.54) is 11.3 Å². The van der Waals surface area contributed by atoms with E-state index in [2.05, 4.69) is 9.88 Å². The van der Waals surface area contributed by atoms with E-state index in [-0.39, 0.29) is 18.3 Å². The number of fused-ring (bicyclic) bond motifs is 1. The summed E-state index contributed by atoms with van der Waals surface area (Å²) in [5.41, 5.74) is 2.55. The second kappa shape index (κ2) is 12.3. The predicted molar refractivity (Wildman–Crippen MR) is 146 cm³/mol. The van der Waals surface area contributed by atoms with Crippen molar-refractivity contribution >= 4 is 21.6 Å². The maximum atomic E-state index is 13.2. The molecule has 2 heterocycles. The number of rotatable bonds is 12. The number of hydrogen-bond donors (Lipinski definition) is 2. The van der Waals surface area contributed by atoms with E-state index < -0.39 is 6.10 Å². The molecule has 0 spiro atoms. The monoisotopic (exact) mass is 523 g/mol. The van der Waals surface area contributed by atoms with Gasteiger partial charge in [-0.15, -0.1) is 11.3 Å². The van der Waals surface area contributed by atoms with Crippen molar-refractivity contribution in [2.75, 3.05) is 27.4 Å². The zero-order chi connectivity index (χ0) is 26.4. The summed E-state index contributed by atoms with van der Waals surface area (Å²) in [5, 5.41) is 13.1. The van der Waals surface area contributed by atoms with E-state index >= 15 is 0 Å². The molecule has 0 saturated carbocycles. The van der Waals surface area contributed by atoms with Crippen molar-refractivity contribution in [1.29, 1.82) is 0 Å². The summed E-state index contributed by atoms with van der Waals surface area (Å²) in [5.74, 6) is 1.77. The largest absolute Gasteiger partial charge is 0.493 e. The first kappa shape index (κ1) is 26.8. The van der Waals surface area contributed by atoms with Crippen LogP contribution in [-0.2, 0) is 17.8 Å². The lowest BCUT2D eigenvalue weighted by molar-refractivity contribution is -0.0109. The summed E-state index contributed by atoms with van der Waals surface area (Å²) in [6.07, 6.45) is -0.628. The maximum Gasteiger partial charge on any atom is 0.260 e. The molecule has 0 saturated heterocycles. The number of hydrogen-bond acceptors (Lipinski definition) is 8. The number of methoxy groups -OCH3 is 2. The van der Waals surface area contributed by atoms with Crippen LogP contribution in [0.15, 0.2) is 58.7 Å². The molecule has 0 fully saturated rings. The van der Waals surface area contributed by atoms with Crippen molar-refractivity contribution in [3.63, 3.8) is 0 Å². The fourth-order valence-corrected chi connectivity index (χ4v) is 5.14. The molecule has 0 radical (unpaired) electrons. The van der Waals surface area contributed by atoms with E-state index in [4.69, 9.17) is 19.2 Å². The second-order valence-electron chi connectivity index (χ2n) is 9.10. The van der Waals surface area contributed by atoms with Gasteiger partial charge in [0.2, 0.25) is 0 Å². The van der Waals surface area contributed by atoms with Gasteiger partial charge in [-0.05, 0) is 37.1 Å². The highest BCUT2D eigenvalue weighted by Gasteiger charge is 2.18. The van der Waals surface area contributed by atoms with Gasteiger partial charge in [0.05, 0.1) is 45.0 Å². The SMILES string of the molecule is COc1ccc(-c2csc3nc(CN(Cc4ccccc4)CC(O)COC(C)C)[nH]c(=O)c23)cc1OC. The predicted octanol–water partition coefficient (Wildman–Crippen LogP) is 4.46. The number of benzene rings is 2. The minimum Gasteiger partial charge on any atom is -0.493 e. The highest BCUT2D eigenvalue weighted by atomic mass is 32.1. The molecule has 1 unspecified atom stereocenters. The first-order valence-electron chi connectivity index (χ1n) is 12.2. The lowest BCUT2D eigenvalue weighted by atomic mass is 10.1. The summed E-state index contributed by atoms with van der Waals surface area (Å²) in [7, 11) is 3.17. The third-order valence-corrected chi connectivity index (χ3v) is 6.77. The average molecular weight is 524 g/mol. The van der Waals surface area contributed by atoms with Gasteiger partial charge in [-0.25, -0.2) is 4.98 Å². The summed E-state index contributed by atoms with van der Waals surface area (Å²) >= 11 is 1.43. The van der Waals surface area contributed by atoms with Gasteiger partial charge in [0.1, 0.15) is 10.7 Å². The Bertz CT molecular complexity index is 1370. The molecule has 0 aliphatic heterocycles. The Balaban J connectivity index is 1.61. The van der Waals surface area contributed by atoms with Crippen LogP contribution < -0.4 is 15.0 Å². The smallest absolute Gasteiger partial charge is 0.260 e. The van der Waals surface area contributed by atoms with Gasteiger partial charge in [0.15, 0.2) is 11.5 Å². The molecular formula is C28H33N3O5S. The molecule has 0 aliphatic rings. The van der Waals surface area contributed by atoms with Crippen LogP contribution in [0.3, 0.4) is 0 Å². The second-order valence-corrected chi connectivity index (χ2v) is 9.96. The van der Waals surface area contributed by atoms with Gasteiger partial charge >= 0.3 is 0 Å². The summed E-state index contributed by atoms with van der Waals surface area (Å²) in [4.78, 5) is 23.7. The van der Waals surface area contributed by atoms with E-state index in [9.17, 15) is 9.90 Å². The van der Waals surface area contributed by atoms with Gasteiger partial charge in [-0.2, -0.15) is 0 Å². The van der Waals surface area contributed by atoms with Gasteiger partial charge in [0.25, 0.3) is 5.56 Å².